The lowest BCUT2D eigenvalue weighted by molar-refractivity contribution is -0.384. The van der Waals surface area contributed by atoms with Crippen molar-refractivity contribution in [3.05, 3.63) is 63.7 Å². The molecule has 29 heavy (non-hydrogen) atoms. The molecule has 2 aromatic carbocycles. The lowest BCUT2D eigenvalue weighted by atomic mass is 10.2. The van der Waals surface area contributed by atoms with Gasteiger partial charge in [-0.2, -0.15) is 0 Å². The molecule has 10 heteroatoms. The molecule has 2 rings (SSSR count). The van der Waals surface area contributed by atoms with Gasteiger partial charge in [0.15, 0.2) is 0 Å². The molecule has 0 unspecified atom stereocenters. The summed E-state index contributed by atoms with van der Waals surface area (Å²) in [5.74, 6) is 0.240. The van der Waals surface area contributed by atoms with Crippen LogP contribution in [0, 0.1) is 17.0 Å². The third-order valence-corrected chi connectivity index (χ3v) is 5.48. The Labute approximate surface area is 169 Å². The van der Waals surface area contributed by atoms with Crippen molar-refractivity contribution < 1.29 is 22.9 Å². The minimum absolute atomic E-state index is 0.105. The number of nitro benzene ring substituents is 1. The lowest BCUT2D eigenvalue weighted by Crippen LogP contribution is -2.41. The van der Waals surface area contributed by atoms with Crippen molar-refractivity contribution in [3.8, 4) is 5.75 Å². The number of anilines is 1. The van der Waals surface area contributed by atoms with Crippen molar-refractivity contribution in [2.75, 3.05) is 31.3 Å². The first-order valence-corrected chi connectivity index (χ1v) is 10.5. The van der Waals surface area contributed by atoms with Crippen molar-refractivity contribution in [2.45, 2.75) is 13.5 Å². The van der Waals surface area contributed by atoms with Gasteiger partial charge in [0.05, 0.1) is 24.0 Å². The van der Waals surface area contributed by atoms with Crippen LogP contribution in [-0.2, 0) is 21.4 Å². The SMILES string of the molecule is COc1ccc(CN(C)C(=O)CN(c2cc([N+](=O)[O-])ccc2C)S(C)(=O)=O)cc1. The molecule has 0 aromatic heterocycles. The van der Waals surface area contributed by atoms with Gasteiger partial charge in [0.25, 0.3) is 5.69 Å². The number of non-ortho nitro benzene ring substituents is 1. The normalized spacial score (nSPS) is 11.0. The summed E-state index contributed by atoms with van der Waals surface area (Å²) in [4.78, 5) is 24.5. The first-order chi connectivity index (χ1) is 13.5. The van der Waals surface area contributed by atoms with Crippen molar-refractivity contribution in [3.63, 3.8) is 0 Å². The number of nitrogens with zero attached hydrogens (tertiary/aromatic N) is 3. The molecule has 0 aliphatic rings. The van der Waals surface area contributed by atoms with Gasteiger partial charge in [-0.15, -0.1) is 0 Å². The quantitative estimate of drug-likeness (QED) is 0.478. The smallest absolute Gasteiger partial charge is 0.271 e. The number of amides is 1. The molecule has 0 atom stereocenters. The van der Waals surface area contributed by atoms with Crippen molar-refractivity contribution >= 4 is 27.3 Å². The number of rotatable bonds is 8. The molecule has 1 amide bonds. The summed E-state index contributed by atoms with van der Waals surface area (Å²) in [6.45, 7) is 1.44. The Morgan fingerprint density at radius 2 is 1.79 bits per heavy atom. The number of hydrogen-bond donors (Lipinski definition) is 0. The van der Waals surface area contributed by atoms with E-state index in [1.807, 2.05) is 12.1 Å². The molecule has 0 saturated carbocycles. The molecule has 156 valence electrons. The molecule has 0 fully saturated rings. The van der Waals surface area contributed by atoms with Gasteiger partial charge in [-0.25, -0.2) is 8.42 Å². The Kier molecular flexibility index (Phi) is 6.80. The van der Waals surface area contributed by atoms with E-state index >= 15 is 0 Å². The van der Waals surface area contributed by atoms with E-state index in [9.17, 15) is 23.3 Å². The van der Waals surface area contributed by atoms with Crippen LogP contribution in [0.5, 0.6) is 5.75 Å². The predicted octanol–water partition coefficient (Wildman–Crippen LogP) is 2.34. The van der Waals surface area contributed by atoms with Crippen LogP contribution in [0.1, 0.15) is 11.1 Å². The number of carbonyl (C=O) groups is 1. The predicted molar refractivity (Wildman–Crippen MR) is 109 cm³/mol. The van der Waals surface area contributed by atoms with E-state index < -0.39 is 27.4 Å². The molecular weight excluding hydrogens is 398 g/mol. The Hall–Kier alpha value is -3.14. The minimum Gasteiger partial charge on any atom is -0.497 e. The number of hydrogen-bond acceptors (Lipinski definition) is 6. The highest BCUT2D eigenvalue weighted by molar-refractivity contribution is 7.92. The molecule has 0 aliphatic carbocycles. The van der Waals surface area contributed by atoms with Crippen LogP contribution in [0.25, 0.3) is 0 Å². The summed E-state index contributed by atoms with van der Waals surface area (Å²) in [5.41, 5.74) is 1.21. The van der Waals surface area contributed by atoms with Gasteiger partial charge >= 0.3 is 0 Å². The number of aryl methyl sites for hydroxylation is 1. The zero-order chi connectivity index (χ0) is 21.8. The fraction of sp³-hybridized carbons (Fsp3) is 0.316. The number of methoxy groups -OCH3 is 1. The van der Waals surface area contributed by atoms with Crippen LogP contribution in [0.2, 0.25) is 0 Å². The summed E-state index contributed by atoms with van der Waals surface area (Å²) < 4.78 is 30.6. The van der Waals surface area contributed by atoms with Gasteiger partial charge in [-0.3, -0.25) is 19.2 Å². The molecule has 0 heterocycles. The summed E-state index contributed by atoms with van der Waals surface area (Å²) in [6, 6.07) is 11.1. The van der Waals surface area contributed by atoms with Gasteiger partial charge in [0.1, 0.15) is 12.3 Å². The van der Waals surface area contributed by atoms with E-state index in [4.69, 9.17) is 4.74 Å². The highest BCUT2D eigenvalue weighted by atomic mass is 32.2. The molecule has 2 aromatic rings. The van der Waals surface area contributed by atoms with E-state index in [1.54, 1.807) is 33.2 Å². The van der Waals surface area contributed by atoms with Gasteiger partial charge < -0.3 is 9.64 Å². The van der Waals surface area contributed by atoms with E-state index in [2.05, 4.69) is 0 Å². The van der Waals surface area contributed by atoms with Gasteiger partial charge in [-0.1, -0.05) is 18.2 Å². The minimum atomic E-state index is -3.85. The Bertz CT molecular complexity index is 1010. The van der Waals surface area contributed by atoms with Crippen LogP contribution < -0.4 is 9.04 Å². The molecule has 0 spiro atoms. The maximum Gasteiger partial charge on any atom is 0.271 e. The van der Waals surface area contributed by atoms with Gasteiger partial charge in [-0.05, 0) is 30.2 Å². The molecule has 9 nitrogen and oxygen atoms in total. The Morgan fingerprint density at radius 3 is 2.31 bits per heavy atom. The maximum absolute atomic E-state index is 12.7. The summed E-state index contributed by atoms with van der Waals surface area (Å²) in [6.07, 6.45) is 0.960. The van der Waals surface area contributed by atoms with Crippen LogP contribution in [0.4, 0.5) is 11.4 Å². The second-order valence-electron chi connectivity index (χ2n) is 6.60. The van der Waals surface area contributed by atoms with E-state index in [1.165, 1.54) is 17.0 Å². The first-order valence-electron chi connectivity index (χ1n) is 8.62. The number of ether oxygens (including phenoxy) is 1. The third-order valence-electron chi connectivity index (χ3n) is 4.36. The number of likely N-dealkylation sites (N-methyl/N-ethyl adjacent to an activating group) is 1. The van der Waals surface area contributed by atoms with Crippen LogP contribution in [0.15, 0.2) is 42.5 Å². The average molecular weight is 421 g/mol. The lowest BCUT2D eigenvalue weighted by Gasteiger charge is -2.26. The zero-order valence-electron chi connectivity index (χ0n) is 16.7. The second kappa shape index (κ2) is 8.91. The van der Waals surface area contributed by atoms with Crippen molar-refractivity contribution in [1.82, 2.24) is 4.90 Å². The molecule has 0 N–H and O–H groups in total. The van der Waals surface area contributed by atoms with Crippen molar-refractivity contribution in [2.24, 2.45) is 0 Å². The summed E-state index contributed by atoms with van der Waals surface area (Å²) in [5, 5.41) is 11.1. The largest absolute Gasteiger partial charge is 0.497 e. The molecule has 0 bridgehead atoms. The third kappa shape index (κ3) is 5.67. The van der Waals surface area contributed by atoms with Crippen LogP contribution >= 0.6 is 0 Å². The topological polar surface area (TPSA) is 110 Å². The van der Waals surface area contributed by atoms with Crippen LogP contribution in [0.3, 0.4) is 0 Å². The van der Waals surface area contributed by atoms with E-state index in [-0.39, 0.29) is 17.9 Å². The average Bonchev–Trinajstić information content (AvgIpc) is 2.66. The highest BCUT2D eigenvalue weighted by Gasteiger charge is 2.25. The number of sulfonamides is 1. The molecule has 0 radical (unpaired) electrons. The molecule has 0 saturated heterocycles. The van der Waals surface area contributed by atoms with Gasteiger partial charge in [0, 0.05) is 25.7 Å². The first kappa shape index (κ1) is 22.2. The maximum atomic E-state index is 12.7. The van der Waals surface area contributed by atoms with Crippen molar-refractivity contribution in [1.29, 1.82) is 0 Å². The van der Waals surface area contributed by atoms with E-state index in [0.717, 1.165) is 22.2 Å². The highest BCUT2D eigenvalue weighted by Crippen LogP contribution is 2.27. The number of carbonyl (C=O) groups excluding carboxylic acids is 1. The number of nitro groups is 1. The Morgan fingerprint density at radius 1 is 1.17 bits per heavy atom. The Balaban J connectivity index is 2.25. The second-order valence-corrected chi connectivity index (χ2v) is 8.50. The standard InChI is InChI=1S/C19H23N3O6S/c1-14-5-8-16(22(24)25)11-18(14)21(29(4,26)27)13-19(23)20(2)12-15-6-9-17(28-3)10-7-15/h5-11H,12-13H2,1-4H3. The van der Waals surface area contributed by atoms with E-state index in [0.29, 0.717) is 11.3 Å². The van der Waals surface area contributed by atoms with Crippen LogP contribution in [-0.4, -0.2) is 51.1 Å². The zero-order valence-corrected chi connectivity index (χ0v) is 17.5. The summed E-state index contributed by atoms with van der Waals surface area (Å²) >= 11 is 0. The monoisotopic (exact) mass is 421 g/mol. The molecule has 0 aliphatic heterocycles. The fourth-order valence-corrected chi connectivity index (χ4v) is 3.60. The summed E-state index contributed by atoms with van der Waals surface area (Å²) in [7, 11) is -0.728. The van der Waals surface area contributed by atoms with Gasteiger partial charge in [0.2, 0.25) is 15.9 Å². The molecular formula is C19H23N3O6S. The number of benzene rings is 2. The fourth-order valence-electron chi connectivity index (χ4n) is 2.70.